The first kappa shape index (κ1) is 19.3. The van der Waals surface area contributed by atoms with E-state index < -0.39 is 0 Å². The third-order valence-electron chi connectivity index (χ3n) is 5.46. The van der Waals surface area contributed by atoms with E-state index in [1.165, 1.54) is 16.8 Å². The molecule has 6 heteroatoms. The molecule has 29 heavy (non-hydrogen) atoms. The summed E-state index contributed by atoms with van der Waals surface area (Å²) in [6.07, 6.45) is 1.49. The van der Waals surface area contributed by atoms with Crippen LogP contribution in [0.4, 0.5) is 4.39 Å². The quantitative estimate of drug-likeness (QED) is 0.666. The first-order valence-electron chi connectivity index (χ1n) is 9.74. The molecular weight excluding hydrogens is 369 g/mol. The summed E-state index contributed by atoms with van der Waals surface area (Å²) in [5.41, 5.74) is 3.65. The lowest BCUT2D eigenvalue weighted by atomic mass is 9.89. The topological polar surface area (TPSA) is 47.4 Å². The molecule has 1 aromatic heterocycles. The Balaban J connectivity index is 1.78. The van der Waals surface area contributed by atoms with Gasteiger partial charge in [-0.05, 0) is 69.3 Å². The minimum Gasteiger partial charge on any atom is -0.490 e. The predicted octanol–water partition coefficient (Wildman–Crippen LogP) is 3.47. The summed E-state index contributed by atoms with van der Waals surface area (Å²) in [4.78, 5) is 14.9. The fraction of sp³-hybridized carbons (Fsp3) is 0.304. The van der Waals surface area contributed by atoms with Gasteiger partial charge in [0.15, 0.2) is 0 Å². The highest BCUT2D eigenvalue weighted by molar-refractivity contribution is 5.69. The maximum Gasteiger partial charge on any atom is 0.271 e. The van der Waals surface area contributed by atoms with Crippen molar-refractivity contribution >= 4 is 0 Å². The molecule has 5 nitrogen and oxygen atoms in total. The van der Waals surface area contributed by atoms with Gasteiger partial charge in [-0.3, -0.25) is 4.79 Å². The molecule has 0 bridgehead atoms. The number of ether oxygens (including phenoxy) is 1. The molecular formula is C23H24FN3O2. The van der Waals surface area contributed by atoms with E-state index in [4.69, 9.17) is 4.74 Å². The van der Waals surface area contributed by atoms with Gasteiger partial charge in [0, 0.05) is 17.7 Å². The van der Waals surface area contributed by atoms with Gasteiger partial charge in [0.05, 0.1) is 5.69 Å². The van der Waals surface area contributed by atoms with Crippen LogP contribution in [0, 0.1) is 5.82 Å². The van der Waals surface area contributed by atoms with Gasteiger partial charge in [-0.15, -0.1) is 0 Å². The van der Waals surface area contributed by atoms with Crippen LogP contribution in [-0.2, 0) is 12.8 Å². The van der Waals surface area contributed by atoms with Crippen molar-refractivity contribution in [3.05, 3.63) is 75.8 Å². The Morgan fingerprint density at radius 1 is 1.14 bits per heavy atom. The zero-order valence-electron chi connectivity index (χ0n) is 16.9. The smallest absolute Gasteiger partial charge is 0.271 e. The third kappa shape index (κ3) is 3.80. The predicted molar refractivity (Wildman–Crippen MR) is 111 cm³/mol. The fourth-order valence-corrected chi connectivity index (χ4v) is 3.45. The number of fused-ring (bicyclic) bond motifs is 3. The van der Waals surface area contributed by atoms with E-state index >= 15 is 0 Å². The van der Waals surface area contributed by atoms with E-state index in [-0.39, 0.29) is 17.4 Å². The van der Waals surface area contributed by atoms with Gasteiger partial charge in [0.25, 0.3) is 5.56 Å². The van der Waals surface area contributed by atoms with Crippen molar-refractivity contribution in [3.63, 3.8) is 0 Å². The summed E-state index contributed by atoms with van der Waals surface area (Å²) < 4.78 is 21.2. The maximum absolute atomic E-state index is 13.9. The van der Waals surface area contributed by atoms with Crippen molar-refractivity contribution in [3.8, 4) is 22.7 Å². The van der Waals surface area contributed by atoms with Gasteiger partial charge in [-0.2, -0.15) is 9.78 Å². The van der Waals surface area contributed by atoms with E-state index in [9.17, 15) is 9.18 Å². The Morgan fingerprint density at radius 3 is 2.69 bits per heavy atom. The lowest BCUT2D eigenvalue weighted by molar-refractivity contribution is 0.198. The Morgan fingerprint density at radius 2 is 1.90 bits per heavy atom. The third-order valence-corrected chi connectivity index (χ3v) is 5.46. The van der Waals surface area contributed by atoms with Gasteiger partial charge in [-0.1, -0.05) is 18.2 Å². The van der Waals surface area contributed by atoms with Crippen molar-refractivity contribution in [2.24, 2.45) is 0 Å². The fourth-order valence-electron chi connectivity index (χ4n) is 3.45. The number of nitrogens with zero attached hydrogens (tertiary/aromatic N) is 3. The van der Waals surface area contributed by atoms with Crippen LogP contribution in [0.2, 0.25) is 0 Å². The Bertz CT molecular complexity index is 1110. The van der Waals surface area contributed by atoms with E-state index in [1.54, 1.807) is 12.1 Å². The number of aromatic nitrogens is 2. The van der Waals surface area contributed by atoms with Crippen LogP contribution < -0.4 is 10.3 Å². The molecule has 1 aliphatic carbocycles. The number of rotatable bonds is 5. The molecule has 4 rings (SSSR count). The SMILES string of the molecule is CC(COc1ccccc1-n1nc2c(cc1=O)CCc1ccc(F)cc1-2)N(C)C. The number of aryl methyl sites for hydroxylation is 2. The van der Waals surface area contributed by atoms with Crippen molar-refractivity contribution < 1.29 is 9.13 Å². The highest BCUT2D eigenvalue weighted by Crippen LogP contribution is 2.32. The highest BCUT2D eigenvalue weighted by atomic mass is 19.1. The molecule has 3 aromatic rings. The van der Waals surface area contributed by atoms with Crippen LogP contribution in [0.5, 0.6) is 5.75 Å². The Kier molecular flexibility index (Phi) is 5.20. The lowest BCUT2D eigenvalue weighted by Gasteiger charge is -2.22. The first-order valence-corrected chi connectivity index (χ1v) is 9.74. The van der Waals surface area contributed by atoms with Gasteiger partial charge in [-0.25, -0.2) is 4.39 Å². The molecule has 0 fully saturated rings. The number of halogens is 1. The second-order valence-electron chi connectivity index (χ2n) is 7.66. The molecule has 0 spiro atoms. The zero-order valence-corrected chi connectivity index (χ0v) is 16.9. The normalized spacial score (nSPS) is 13.7. The number of benzene rings is 2. The lowest BCUT2D eigenvalue weighted by Crippen LogP contribution is -2.31. The molecule has 0 saturated heterocycles. The molecule has 1 heterocycles. The molecule has 1 unspecified atom stereocenters. The molecule has 0 radical (unpaired) electrons. The molecule has 0 saturated carbocycles. The van der Waals surface area contributed by atoms with Crippen LogP contribution in [-0.4, -0.2) is 41.4 Å². The Hall–Kier alpha value is -2.99. The highest BCUT2D eigenvalue weighted by Gasteiger charge is 2.21. The summed E-state index contributed by atoms with van der Waals surface area (Å²) >= 11 is 0. The largest absolute Gasteiger partial charge is 0.490 e. The Labute approximate surface area is 169 Å². The summed E-state index contributed by atoms with van der Waals surface area (Å²) in [7, 11) is 3.98. The van der Waals surface area contributed by atoms with Crippen LogP contribution in [0.3, 0.4) is 0 Å². The van der Waals surface area contributed by atoms with E-state index in [0.717, 1.165) is 29.5 Å². The second kappa shape index (κ2) is 7.79. The molecule has 150 valence electrons. The first-order chi connectivity index (χ1) is 13.9. The van der Waals surface area contributed by atoms with E-state index in [0.29, 0.717) is 23.7 Å². The van der Waals surface area contributed by atoms with Gasteiger partial charge < -0.3 is 9.64 Å². The molecule has 2 aromatic carbocycles. The number of hydrogen-bond donors (Lipinski definition) is 0. The zero-order chi connectivity index (χ0) is 20.5. The van der Waals surface area contributed by atoms with Crippen molar-refractivity contribution in [2.75, 3.05) is 20.7 Å². The molecule has 1 atom stereocenters. The van der Waals surface area contributed by atoms with Gasteiger partial charge >= 0.3 is 0 Å². The number of likely N-dealkylation sites (N-methyl/N-ethyl adjacent to an activating group) is 1. The van der Waals surface area contributed by atoms with E-state index in [2.05, 4.69) is 16.9 Å². The van der Waals surface area contributed by atoms with E-state index in [1.807, 2.05) is 38.4 Å². The minimum atomic E-state index is -0.308. The van der Waals surface area contributed by atoms with Gasteiger partial charge in [0.2, 0.25) is 0 Å². The van der Waals surface area contributed by atoms with Crippen molar-refractivity contribution in [1.82, 2.24) is 14.7 Å². The monoisotopic (exact) mass is 393 g/mol. The minimum absolute atomic E-state index is 0.214. The number of para-hydroxylation sites is 2. The second-order valence-corrected chi connectivity index (χ2v) is 7.66. The van der Waals surface area contributed by atoms with Crippen molar-refractivity contribution in [2.45, 2.75) is 25.8 Å². The average Bonchev–Trinajstić information content (AvgIpc) is 2.71. The average molecular weight is 393 g/mol. The summed E-state index contributed by atoms with van der Waals surface area (Å²) in [5.74, 6) is 0.281. The summed E-state index contributed by atoms with van der Waals surface area (Å²) in [6, 6.07) is 13.9. The standard InChI is InChI=1S/C23H24FN3O2/c1-15(26(2)3)14-29-21-7-5-4-6-20(21)27-22(28)12-17-9-8-16-10-11-18(24)13-19(16)23(17)25-27/h4-7,10-13,15H,8-9,14H2,1-3H3. The van der Waals surface area contributed by atoms with Gasteiger partial charge in [0.1, 0.15) is 23.9 Å². The molecule has 0 aliphatic heterocycles. The van der Waals surface area contributed by atoms with Crippen LogP contribution in [0.1, 0.15) is 18.1 Å². The van der Waals surface area contributed by atoms with Crippen LogP contribution in [0.15, 0.2) is 53.3 Å². The maximum atomic E-state index is 13.9. The number of hydrogen-bond acceptors (Lipinski definition) is 4. The molecule has 0 N–H and O–H groups in total. The van der Waals surface area contributed by atoms with Crippen molar-refractivity contribution in [1.29, 1.82) is 0 Å². The van der Waals surface area contributed by atoms with Crippen LogP contribution in [0.25, 0.3) is 16.9 Å². The molecule has 0 amide bonds. The summed E-state index contributed by atoms with van der Waals surface area (Å²) in [5, 5.41) is 4.64. The van der Waals surface area contributed by atoms with Crippen LogP contribution >= 0.6 is 0 Å². The summed E-state index contributed by atoms with van der Waals surface area (Å²) in [6.45, 7) is 2.55. The molecule has 1 aliphatic rings.